The number of rotatable bonds is 7. The molecule has 0 saturated carbocycles. The molecule has 5 heteroatoms. The fourth-order valence-electron chi connectivity index (χ4n) is 1.96. The van der Waals surface area contributed by atoms with E-state index < -0.39 is 0 Å². The quantitative estimate of drug-likeness (QED) is 0.731. The van der Waals surface area contributed by atoms with Crippen LogP contribution in [0.25, 0.3) is 0 Å². The minimum atomic E-state index is -0.174. The van der Waals surface area contributed by atoms with Crippen molar-refractivity contribution in [3.8, 4) is 5.75 Å². The van der Waals surface area contributed by atoms with Crippen LogP contribution < -0.4 is 10.5 Å². The number of ether oxygens (including phenoxy) is 1. The summed E-state index contributed by atoms with van der Waals surface area (Å²) in [6.45, 7) is 3.40. The number of hydrogen-bond donors (Lipinski definition) is 2. The molecular weight excluding hydrogens is 248 g/mol. The third-order valence-electron chi connectivity index (χ3n) is 2.84. The number of benzene rings is 1. The first-order valence-electron chi connectivity index (χ1n) is 5.92. The van der Waals surface area contributed by atoms with Gasteiger partial charge in [-0.05, 0) is 24.2 Å². The molecule has 0 bridgehead atoms. The normalized spacial score (nSPS) is 12.4. The minimum absolute atomic E-state index is 0.0803. The lowest BCUT2D eigenvalue weighted by atomic mass is 10.0. The molecule has 0 saturated heterocycles. The van der Waals surface area contributed by atoms with Crippen molar-refractivity contribution >= 4 is 17.2 Å². The highest BCUT2D eigenvalue weighted by Crippen LogP contribution is 2.24. The largest absolute Gasteiger partial charge is 0.497 e. The number of nitrogens with zero attached hydrogens (tertiary/aromatic N) is 1. The molecule has 0 heterocycles. The Morgan fingerprint density at radius 2 is 2.28 bits per heavy atom. The topological polar surface area (TPSA) is 58.7 Å². The van der Waals surface area contributed by atoms with E-state index in [2.05, 4.69) is 0 Å². The first-order valence-corrected chi connectivity index (χ1v) is 6.33. The van der Waals surface area contributed by atoms with E-state index in [4.69, 9.17) is 27.8 Å². The predicted molar refractivity (Wildman–Crippen MR) is 76.9 cm³/mol. The number of aliphatic hydroxyl groups is 1. The number of methoxy groups -OCH3 is 1. The van der Waals surface area contributed by atoms with Gasteiger partial charge in [0.05, 0.1) is 24.7 Å². The van der Waals surface area contributed by atoms with Gasteiger partial charge in [-0.15, -0.1) is 0 Å². The van der Waals surface area contributed by atoms with E-state index in [1.807, 2.05) is 36.1 Å². The molecular formula is C13H20N2O2S. The zero-order valence-corrected chi connectivity index (χ0v) is 11.6. The Bertz CT molecular complexity index is 398. The van der Waals surface area contributed by atoms with Crippen LogP contribution in [-0.4, -0.2) is 41.8 Å². The summed E-state index contributed by atoms with van der Waals surface area (Å²) >= 11 is 5.15. The first kappa shape index (κ1) is 14.9. The van der Waals surface area contributed by atoms with Crippen LogP contribution in [-0.2, 0) is 0 Å². The molecule has 0 aromatic heterocycles. The lowest BCUT2D eigenvalue weighted by Gasteiger charge is -2.29. The van der Waals surface area contributed by atoms with Gasteiger partial charge in [-0.3, -0.25) is 4.90 Å². The van der Waals surface area contributed by atoms with Gasteiger partial charge in [0, 0.05) is 6.54 Å². The summed E-state index contributed by atoms with van der Waals surface area (Å²) in [7, 11) is 1.63. The van der Waals surface area contributed by atoms with Crippen LogP contribution in [0.15, 0.2) is 24.3 Å². The maximum absolute atomic E-state index is 9.10. The number of thiocarbonyl (C=S) groups is 1. The maximum atomic E-state index is 9.10. The highest BCUT2D eigenvalue weighted by atomic mass is 32.1. The molecule has 3 N–H and O–H groups in total. The molecule has 0 aliphatic rings. The average molecular weight is 268 g/mol. The van der Waals surface area contributed by atoms with E-state index in [1.54, 1.807) is 7.11 Å². The Balaban J connectivity index is 3.06. The highest BCUT2D eigenvalue weighted by Gasteiger charge is 2.21. The van der Waals surface area contributed by atoms with Gasteiger partial charge in [0.25, 0.3) is 0 Å². The third kappa shape index (κ3) is 3.66. The summed E-state index contributed by atoms with van der Waals surface area (Å²) in [5, 5.41) is 9.10. The molecule has 4 nitrogen and oxygen atoms in total. The molecule has 0 amide bonds. The van der Waals surface area contributed by atoms with Gasteiger partial charge in [0.15, 0.2) is 0 Å². The smallest absolute Gasteiger partial charge is 0.119 e. The molecule has 0 radical (unpaired) electrons. The van der Waals surface area contributed by atoms with Crippen molar-refractivity contribution in [1.82, 2.24) is 4.90 Å². The molecule has 100 valence electrons. The van der Waals surface area contributed by atoms with Crippen LogP contribution in [0.4, 0.5) is 0 Å². The molecule has 1 atom stereocenters. The molecule has 0 aliphatic carbocycles. The summed E-state index contributed by atoms with van der Waals surface area (Å²) in [5.74, 6) is 0.772. The zero-order valence-electron chi connectivity index (χ0n) is 10.8. The lowest BCUT2D eigenvalue weighted by molar-refractivity contribution is 0.185. The van der Waals surface area contributed by atoms with Gasteiger partial charge in [0.2, 0.25) is 0 Å². The van der Waals surface area contributed by atoms with Gasteiger partial charge in [0.1, 0.15) is 5.75 Å². The number of nitrogens with two attached hydrogens (primary N) is 1. The van der Waals surface area contributed by atoms with Crippen molar-refractivity contribution in [3.05, 3.63) is 29.8 Å². The summed E-state index contributed by atoms with van der Waals surface area (Å²) in [6, 6.07) is 7.50. The van der Waals surface area contributed by atoms with Crippen molar-refractivity contribution in [1.29, 1.82) is 0 Å². The second-order valence-corrected chi connectivity index (χ2v) is 4.41. The standard InChI is InChI=1S/C13H20N2O2S/c1-3-15(7-8-16)12(13(14)18)10-5-4-6-11(9-10)17-2/h4-6,9,12,16H,3,7-8H2,1-2H3,(H2,14,18). The van der Waals surface area contributed by atoms with E-state index in [-0.39, 0.29) is 12.6 Å². The average Bonchev–Trinajstić information content (AvgIpc) is 2.38. The van der Waals surface area contributed by atoms with Gasteiger partial charge < -0.3 is 15.6 Å². The van der Waals surface area contributed by atoms with Gasteiger partial charge >= 0.3 is 0 Å². The molecule has 0 fully saturated rings. The maximum Gasteiger partial charge on any atom is 0.119 e. The molecule has 1 aromatic rings. The van der Waals surface area contributed by atoms with E-state index in [0.717, 1.165) is 17.9 Å². The van der Waals surface area contributed by atoms with E-state index in [1.165, 1.54) is 0 Å². The number of likely N-dealkylation sites (N-methyl/N-ethyl adjacent to an activating group) is 1. The Morgan fingerprint density at radius 1 is 1.56 bits per heavy atom. The van der Waals surface area contributed by atoms with Gasteiger partial charge in [-0.1, -0.05) is 31.3 Å². The molecule has 0 spiro atoms. The number of aliphatic hydroxyl groups excluding tert-OH is 1. The van der Waals surface area contributed by atoms with Crippen molar-refractivity contribution < 1.29 is 9.84 Å². The second kappa shape index (κ2) is 7.31. The highest BCUT2D eigenvalue weighted by molar-refractivity contribution is 7.80. The van der Waals surface area contributed by atoms with Crippen molar-refractivity contribution in [2.24, 2.45) is 5.73 Å². The van der Waals surface area contributed by atoms with Crippen LogP contribution in [0.1, 0.15) is 18.5 Å². The Morgan fingerprint density at radius 3 is 2.78 bits per heavy atom. The van der Waals surface area contributed by atoms with Crippen LogP contribution in [0.5, 0.6) is 5.75 Å². The van der Waals surface area contributed by atoms with Crippen LogP contribution in [0.3, 0.4) is 0 Å². The van der Waals surface area contributed by atoms with Gasteiger partial charge in [-0.25, -0.2) is 0 Å². The van der Waals surface area contributed by atoms with Crippen molar-refractivity contribution in [2.45, 2.75) is 13.0 Å². The molecule has 0 aliphatic heterocycles. The Hall–Kier alpha value is -1.17. The summed E-state index contributed by atoms with van der Waals surface area (Å²) in [6.07, 6.45) is 0. The Labute approximate surface area is 113 Å². The van der Waals surface area contributed by atoms with Gasteiger partial charge in [-0.2, -0.15) is 0 Å². The minimum Gasteiger partial charge on any atom is -0.497 e. The predicted octanol–water partition coefficient (Wildman–Crippen LogP) is 1.34. The van der Waals surface area contributed by atoms with Crippen LogP contribution in [0, 0.1) is 0 Å². The first-order chi connectivity index (χ1) is 8.63. The van der Waals surface area contributed by atoms with Crippen LogP contribution in [0.2, 0.25) is 0 Å². The SMILES string of the molecule is CCN(CCO)C(C(N)=S)c1cccc(OC)c1. The second-order valence-electron chi connectivity index (χ2n) is 3.93. The summed E-state index contributed by atoms with van der Waals surface area (Å²) < 4.78 is 5.21. The van der Waals surface area contributed by atoms with E-state index in [9.17, 15) is 0 Å². The van der Waals surface area contributed by atoms with Crippen molar-refractivity contribution in [2.75, 3.05) is 26.8 Å². The number of hydrogen-bond acceptors (Lipinski definition) is 4. The lowest BCUT2D eigenvalue weighted by Crippen LogP contribution is -2.38. The van der Waals surface area contributed by atoms with E-state index >= 15 is 0 Å². The molecule has 1 aromatic carbocycles. The van der Waals surface area contributed by atoms with Crippen molar-refractivity contribution in [3.63, 3.8) is 0 Å². The third-order valence-corrected chi connectivity index (χ3v) is 3.06. The summed E-state index contributed by atoms with van der Waals surface area (Å²) in [5.41, 5.74) is 6.82. The molecule has 1 unspecified atom stereocenters. The fraction of sp³-hybridized carbons (Fsp3) is 0.462. The zero-order chi connectivity index (χ0) is 13.5. The van der Waals surface area contributed by atoms with E-state index in [0.29, 0.717) is 11.5 Å². The Kier molecular flexibility index (Phi) is 6.04. The van der Waals surface area contributed by atoms with Crippen LogP contribution >= 0.6 is 12.2 Å². The monoisotopic (exact) mass is 268 g/mol. The summed E-state index contributed by atoms with van der Waals surface area (Å²) in [4.78, 5) is 2.44. The molecule has 18 heavy (non-hydrogen) atoms. The fourth-order valence-corrected chi connectivity index (χ4v) is 2.25. The molecule has 1 rings (SSSR count).